The van der Waals surface area contributed by atoms with Crippen molar-refractivity contribution in [3.8, 4) is 11.4 Å². The average Bonchev–Trinajstić information content (AvgIpc) is 3.10. The Kier molecular flexibility index (Phi) is 3.88. The Morgan fingerprint density at radius 3 is 2.73 bits per heavy atom. The Labute approximate surface area is 130 Å². The molecule has 0 bridgehead atoms. The molecule has 2 heterocycles. The third-order valence-electron chi connectivity index (χ3n) is 4.41. The van der Waals surface area contributed by atoms with Crippen molar-refractivity contribution < 1.29 is 9.90 Å². The van der Waals surface area contributed by atoms with Crippen molar-refractivity contribution in [1.29, 1.82) is 0 Å². The normalized spacial score (nSPS) is 21.3. The third kappa shape index (κ3) is 2.47. The van der Waals surface area contributed by atoms with Gasteiger partial charge in [0.1, 0.15) is 0 Å². The first-order valence-electron chi connectivity index (χ1n) is 7.78. The maximum absolute atomic E-state index is 12.8. The standard InChI is InChI=1S/C17H21N3O2/c1-3-13-10-9-12(2)20(13)17(22)16-15(21)11-19(18-16)14-7-5-4-6-8-14/h4-8,11-13,21H,3,9-10H2,1-2H3. The van der Waals surface area contributed by atoms with Crippen LogP contribution in [0.3, 0.4) is 0 Å². The van der Waals surface area contributed by atoms with E-state index in [4.69, 9.17) is 0 Å². The first-order chi connectivity index (χ1) is 10.6. The molecule has 1 N–H and O–H groups in total. The van der Waals surface area contributed by atoms with Gasteiger partial charge in [0, 0.05) is 12.1 Å². The molecule has 1 amide bonds. The van der Waals surface area contributed by atoms with Crippen LogP contribution in [0.5, 0.6) is 5.75 Å². The largest absolute Gasteiger partial charge is 0.504 e. The van der Waals surface area contributed by atoms with Gasteiger partial charge >= 0.3 is 0 Å². The Bertz CT molecular complexity index is 666. The van der Waals surface area contributed by atoms with Gasteiger partial charge in [0.15, 0.2) is 11.4 Å². The molecule has 1 aromatic heterocycles. The number of hydrogen-bond donors (Lipinski definition) is 1. The number of para-hydroxylation sites is 1. The van der Waals surface area contributed by atoms with Crippen molar-refractivity contribution in [2.45, 2.75) is 45.2 Å². The Morgan fingerprint density at radius 1 is 1.32 bits per heavy atom. The molecule has 2 unspecified atom stereocenters. The van der Waals surface area contributed by atoms with Crippen LogP contribution in [0, 0.1) is 0 Å². The number of amides is 1. The quantitative estimate of drug-likeness (QED) is 0.948. The summed E-state index contributed by atoms with van der Waals surface area (Å²) < 4.78 is 1.55. The fourth-order valence-corrected chi connectivity index (χ4v) is 3.19. The Hall–Kier alpha value is -2.30. The van der Waals surface area contributed by atoms with E-state index >= 15 is 0 Å². The number of nitrogens with zero attached hydrogens (tertiary/aromatic N) is 3. The van der Waals surface area contributed by atoms with Gasteiger partial charge in [-0.3, -0.25) is 4.79 Å². The fraction of sp³-hybridized carbons (Fsp3) is 0.412. The van der Waals surface area contributed by atoms with Crippen LogP contribution in [-0.2, 0) is 0 Å². The van der Waals surface area contributed by atoms with Gasteiger partial charge in [0.05, 0.1) is 11.9 Å². The van der Waals surface area contributed by atoms with E-state index in [1.54, 1.807) is 4.68 Å². The molecule has 5 nitrogen and oxygen atoms in total. The highest BCUT2D eigenvalue weighted by Crippen LogP contribution is 2.29. The summed E-state index contributed by atoms with van der Waals surface area (Å²) in [6, 6.07) is 9.90. The monoisotopic (exact) mass is 299 g/mol. The molecule has 0 saturated carbocycles. The van der Waals surface area contributed by atoms with Crippen molar-refractivity contribution in [2.24, 2.45) is 0 Å². The topological polar surface area (TPSA) is 58.4 Å². The lowest BCUT2D eigenvalue weighted by Crippen LogP contribution is -2.40. The predicted octanol–water partition coefficient (Wildman–Crippen LogP) is 2.98. The molecule has 5 heteroatoms. The molecular weight excluding hydrogens is 278 g/mol. The van der Waals surface area contributed by atoms with E-state index < -0.39 is 0 Å². The summed E-state index contributed by atoms with van der Waals surface area (Å²) in [5, 5.41) is 14.4. The highest BCUT2D eigenvalue weighted by atomic mass is 16.3. The van der Waals surface area contributed by atoms with Crippen molar-refractivity contribution >= 4 is 5.91 Å². The third-order valence-corrected chi connectivity index (χ3v) is 4.41. The molecule has 1 saturated heterocycles. The number of aromatic hydroxyl groups is 1. The van der Waals surface area contributed by atoms with Crippen LogP contribution in [0.25, 0.3) is 5.69 Å². The number of rotatable bonds is 3. The summed E-state index contributed by atoms with van der Waals surface area (Å²) in [5.41, 5.74) is 0.953. The van der Waals surface area contributed by atoms with E-state index in [2.05, 4.69) is 18.9 Å². The maximum atomic E-state index is 12.8. The predicted molar refractivity (Wildman–Crippen MR) is 84.2 cm³/mol. The van der Waals surface area contributed by atoms with Gasteiger partial charge in [-0.05, 0) is 38.3 Å². The number of aromatic nitrogens is 2. The Balaban J connectivity index is 1.92. The minimum absolute atomic E-state index is 0.0668. The van der Waals surface area contributed by atoms with Crippen LogP contribution < -0.4 is 0 Å². The summed E-state index contributed by atoms with van der Waals surface area (Å²) in [4.78, 5) is 14.7. The molecule has 1 aliphatic rings. The van der Waals surface area contributed by atoms with Crippen LogP contribution in [-0.4, -0.2) is 37.8 Å². The van der Waals surface area contributed by atoms with Crippen LogP contribution >= 0.6 is 0 Å². The number of likely N-dealkylation sites (tertiary alicyclic amines) is 1. The highest BCUT2D eigenvalue weighted by Gasteiger charge is 2.35. The number of benzene rings is 1. The van der Waals surface area contributed by atoms with Crippen LogP contribution in [0.2, 0.25) is 0 Å². The lowest BCUT2D eigenvalue weighted by atomic mass is 10.1. The van der Waals surface area contributed by atoms with Gasteiger partial charge < -0.3 is 10.0 Å². The SMILES string of the molecule is CCC1CCC(C)N1C(=O)c1nn(-c2ccccc2)cc1O. The second-order valence-electron chi connectivity index (χ2n) is 5.84. The zero-order valence-corrected chi connectivity index (χ0v) is 12.9. The minimum Gasteiger partial charge on any atom is -0.504 e. The molecule has 0 spiro atoms. The molecule has 116 valence electrons. The number of carbonyl (C=O) groups excluding carboxylic acids is 1. The van der Waals surface area contributed by atoms with E-state index in [0.717, 1.165) is 24.9 Å². The lowest BCUT2D eigenvalue weighted by molar-refractivity contribution is 0.0667. The first kappa shape index (κ1) is 14.6. The molecule has 2 atom stereocenters. The fourth-order valence-electron chi connectivity index (χ4n) is 3.19. The Morgan fingerprint density at radius 2 is 2.05 bits per heavy atom. The van der Waals surface area contributed by atoms with Gasteiger partial charge in [-0.25, -0.2) is 4.68 Å². The van der Waals surface area contributed by atoms with Gasteiger partial charge in [0.25, 0.3) is 5.91 Å². The zero-order valence-electron chi connectivity index (χ0n) is 12.9. The second kappa shape index (κ2) is 5.83. The summed E-state index contributed by atoms with van der Waals surface area (Å²) in [6.45, 7) is 4.14. The van der Waals surface area contributed by atoms with Crippen LogP contribution in [0.1, 0.15) is 43.6 Å². The van der Waals surface area contributed by atoms with Gasteiger partial charge in [-0.15, -0.1) is 0 Å². The smallest absolute Gasteiger partial charge is 0.278 e. The van der Waals surface area contributed by atoms with Crippen molar-refractivity contribution in [1.82, 2.24) is 14.7 Å². The number of carbonyl (C=O) groups is 1. The molecule has 3 rings (SSSR count). The summed E-state index contributed by atoms with van der Waals surface area (Å²) >= 11 is 0. The van der Waals surface area contributed by atoms with Crippen molar-refractivity contribution in [2.75, 3.05) is 0 Å². The van der Waals surface area contributed by atoms with E-state index in [-0.39, 0.29) is 29.4 Å². The number of hydrogen-bond acceptors (Lipinski definition) is 3. The highest BCUT2D eigenvalue weighted by molar-refractivity contribution is 5.95. The van der Waals surface area contributed by atoms with Crippen LogP contribution in [0.4, 0.5) is 0 Å². The van der Waals surface area contributed by atoms with Crippen molar-refractivity contribution in [3.05, 3.63) is 42.2 Å². The molecule has 0 radical (unpaired) electrons. The molecule has 22 heavy (non-hydrogen) atoms. The zero-order chi connectivity index (χ0) is 15.7. The second-order valence-corrected chi connectivity index (χ2v) is 5.84. The molecule has 1 aromatic carbocycles. The van der Waals surface area contributed by atoms with E-state index in [0.29, 0.717) is 0 Å². The molecule has 0 aliphatic carbocycles. The summed E-state index contributed by atoms with van der Waals surface area (Å²) in [7, 11) is 0. The van der Waals surface area contributed by atoms with Gasteiger partial charge in [-0.1, -0.05) is 25.1 Å². The minimum atomic E-state index is -0.177. The lowest BCUT2D eigenvalue weighted by Gasteiger charge is -2.27. The van der Waals surface area contributed by atoms with Gasteiger partial charge in [0.2, 0.25) is 0 Å². The van der Waals surface area contributed by atoms with E-state index in [9.17, 15) is 9.90 Å². The molecule has 1 aliphatic heterocycles. The first-order valence-corrected chi connectivity index (χ1v) is 7.78. The molecular formula is C17H21N3O2. The van der Waals surface area contributed by atoms with E-state index in [1.807, 2.05) is 35.2 Å². The average molecular weight is 299 g/mol. The van der Waals surface area contributed by atoms with Crippen LogP contribution in [0.15, 0.2) is 36.5 Å². The van der Waals surface area contributed by atoms with Crippen molar-refractivity contribution in [3.63, 3.8) is 0 Å². The maximum Gasteiger partial charge on any atom is 0.278 e. The molecule has 1 fully saturated rings. The van der Waals surface area contributed by atoms with Gasteiger partial charge in [-0.2, -0.15) is 5.10 Å². The summed E-state index contributed by atoms with van der Waals surface area (Å²) in [5.74, 6) is -0.244. The van der Waals surface area contributed by atoms with E-state index in [1.165, 1.54) is 6.20 Å². The molecule has 2 aromatic rings. The summed E-state index contributed by atoms with van der Waals surface area (Å²) in [6.07, 6.45) is 4.44.